The van der Waals surface area contributed by atoms with Crippen LogP contribution in [-0.4, -0.2) is 49.1 Å². The number of halogens is 2. The van der Waals surface area contributed by atoms with Gasteiger partial charge < -0.3 is 4.90 Å². The Morgan fingerprint density at radius 1 is 1.08 bits per heavy atom. The van der Waals surface area contributed by atoms with Crippen molar-refractivity contribution >= 4 is 11.2 Å². The van der Waals surface area contributed by atoms with Crippen LogP contribution in [0, 0.1) is 11.6 Å². The zero-order valence-corrected chi connectivity index (χ0v) is 14.1. The Labute approximate surface area is 147 Å². The second kappa shape index (κ2) is 6.91. The maximum Gasteiger partial charge on any atom is 0.283 e. The third-order valence-electron chi connectivity index (χ3n) is 4.67. The van der Waals surface area contributed by atoms with Crippen molar-refractivity contribution in [2.24, 2.45) is 0 Å². The van der Waals surface area contributed by atoms with E-state index in [1.165, 1.54) is 36.2 Å². The van der Waals surface area contributed by atoms with E-state index in [1.807, 2.05) is 0 Å². The summed E-state index contributed by atoms with van der Waals surface area (Å²) in [4.78, 5) is 19.2. The van der Waals surface area contributed by atoms with Crippen LogP contribution in [0.5, 0.6) is 0 Å². The number of likely N-dealkylation sites (tertiary alicyclic amines) is 1. The molecule has 1 aliphatic heterocycles. The van der Waals surface area contributed by atoms with Crippen LogP contribution in [0.15, 0.2) is 29.3 Å². The molecule has 1 aromatic carbocycles. The van der Waals surface area contributed by atoms with Gasteiger partial charge >= 0.3 is 0 Å². The van der Waals surface area contributed by atoms with Gasteiger partial charge in [-0.1, -0.05) is 11.6 Å². The molecule has 0 spiro atoms. The summed E-state index contributed by atoms with van der Waals surface area (Å²) in [5, 5.41) is 7.68. The fourth-order valence-corrected chi connectivity index (χ4v) is 3.25. The third-order valence-corrected chi connectivity index (χ3v) is 4.67. The molecule has 1 fully saturated rings. The molecule has 0 bridgehead atoms. The van der Waals surface area contributed by atoms with Crippen LogP contribution in [-0.2, 0) is 6.54 Å². The van der Waals surface area contributed by atoms with Gasteiger partial charge in [0.2, 0.25) is 0 Å². The van der Waals surface area contributed by atoms with Gasteiger partial charge in [0.25, 0.3) is 5.56 Å². The molecule has 0 aliphatic carbocycles. The van der Waals surface area contributed by atoms with Crippen LogP contribution in [0.25, 0.3) is 16.9 Å². The minimum absolute atomic E-state index is 0.00753. The Kier molecular flexibility index (Phi) is 4.46. The Balaban J connectivity index is 1.63. The molecule has 136 valence electrons. The van der Waals surface area contributed by atoms with Crippen molar-refractivity contribution in [2.75, 3.05) is 19.6 Å². The van der Waals surface area contributed by atoms with Crippen LogP contribution in [0.1, 0.15) is 19.3 Å². The van der Waals surface area contributed by atoms with Gasteiger partial charge in [-0.3, -0.25) is 9.36 Å². The molecule has 26 heavy (non-hydrogen) atoms. The Hall–Kier alpha value is -2.68. The maximum absolute atomic E-state index is 14.0. The van der Waals surface area contributed by atoms with Gasteiger partial charge in [0.1, 0.15) is 17.8 Å². The molecule has 7 nitrogen and oxygen atoms in total. The van der Waals surface area contributed by atoms with Crippen molar-refractivity contribution in [1.82, 2.24) is 29.4 Å². The second-order valence-corrected chi connectivity index (χ2v) is 6.41. The number of nitrogens with zero attached hydrogens (tertiary/aromatic N) is 6. The van der Waals surface area contributed by atoms with E-state index in [0.29, 0.717) is 6.54 Å². The first kappa shape index (κ1) is 16.8. The fourth-order valence-electron chi connectivity index (χ4n) is 3.25. The number of rotatable bonds is 4. The molecular weight excluding hydrogens is 342 g/mol. The van der Waals surface area contributed by atoms with Crippen LogP contribution in [0.3, 0.4) is 0 Å². The lowest BCUT2D eigenvalue weighted by Gasteiger charge is -2.26. The van der Waals surface area contributed by atoms with E-state index in [9.17, 15) is 13.6 Å². The standard InChI is InChI=1S/C17H18F2N6O/c18-12-4-5-14(13(19)10-12)25-16-15(21-22-25)17(26)24(11-20-16)9-8-23-6-2-1-3-7-23/h4-5,10-11H,1-3,6-9H2. The number of aromatic nitrogens is 5. The quantitative estimate of drug-likeness (QED) is 0.709. The van der Waals surface area contributed by atoms with Gasteiger partial charge in [-0.2, -0.15) is 4.68 Å². The van der Waals surface area contributed by atoms with Gasteiger partial charge in [-0.25, -0.2) is 13.8 Å². The summed E-state index contributed by atoms with van der Waals surface area (Å²) in [6.07, 6.45) is 5.05. The van der Waals surface area contributed by atoms with Crippen molar-refractivity contribution in [2.45, 2.75) is 25.8 Å². The molecule has 3 heterocycles. The van der Waals surface area contributed by atoms with Crippen molar-refractivity contribution in [3.8, 4) is 5.69 Å². The predicted octanol–water partition coefficient (Wildman–Crippen LogP) is 1.74. The lowest BCUT2D eigenvalue weighted by Crippen LogP contribution is -2.34. The lowest BCUT2D eigenvalue weighted by atomic mass is 10.1. The number of piperidine rings is 1. The molecule has 0 saturated carbocycles. The topological polar surface area (TPSA) is 68.8 Å². The summed E-state index contributed by atoms with van der Waals surface area (Å²) in [6.45, 7) is 3.38. The average Bonchev–Trinajstić information content (AvgIpc) is 3.07. The normalized spacial score (nSPS) is 15.6. The molecule has 0 atom stereocenters. The summed E-state index contributed by atoms with van der Waals surface area (Å²) in [7, 11) is 0. The highest BCUT2D eigenvalue weighted by molar-refractivity contribution is 5.70. The first-order chi connectivity index (χ1) is 12.6. The third kappa shape index (κ3) is 3.10. The van der Waals surface area contributed by atoms with Gasteiger partial charge in [0.05, 0.1) is 0 Å². The van der Waals surface area contributed by atoms with E-state index in [1.54, 1.807) is 0 Å². The van der Waals surface area contributed by atoms with Crippen molar-refractivity contribution in [1.29, 1.82) is 0 Å². The molecule has 0 amide bonds. The first-order valence-electron chi connectivity index (χ1n) is 8.62. The summed E-state index contributed by atoms with van der Waals surface area (Å²) in [5.41, 5.74) is -0.114. The van der Waals surface area contributed by atoms with Gasteiger partial charge in [0.15, 0.2) is 17.0 Å². The Morgan fingerprint density at radius 2 is 1.88 bits per heavy atom. The number of benzene rings is 1. The van der Waals surface area contributed by atoms with Crippen LogP contribution in [0.4, 0.5) is 8.78 Å². The van der Waals surface area contributed by atoms with E-state index in [-0.39, 0.29) is 22.4 Å². The molecule has 0 unspecified atom stereocenters. The highest BCUT2D eigenvalue weighted by Crippen LogP contribution is 2.16. The van der Waals surface area contributed by atoms with E-state index < -0.39 is 11.6 Å². The van der Waals surface area contributed by atoms with Crippen LogP contribution in [0.2, 0.25) is 0 Å². The van der Waals surface area contributed by atoms with Gasteiger partial charge in [0, 0.05) is 19.2 Å². The summed E-state index contributed by atoms with van der Waals surface area (Å²) in [5.74, 6) is -1.49. The largest absolute Gasteiger partial charge is 0.302 e. The van der Waals surface area contributed by atoms with Crippen molar-refractivity contribution in [3.05, 3.63) is 46.5 Å². The Bertz CT molecular complexity index is 993. The summed E-state index contributed by atoms with van der Waals surface area (Å²) >= 11 is 0. The molecule has 0 radical (unpaired) electrons. The molecular formula is C17H18F2N6O. The lowest BCUT2D eigenvalue weighted by molar-refractivity contribution is 0.220. The van der Waals surface area contributed by atoms with Crippen LogP contribution < -0.4 is 5.56 Å². The SMILES string of the molecule is O=c1c2nnn(-c3ccc(F)cc3F)c2ncn1CCN1CCCCC1. The summed E-state index contributed by atoms with van der Waals surface area (Å²) in [6, 6.07) is 3.11. The average molecular weight is 360 g/mol. The molecule has 0 N–H and O–H groups in total. The molecule has 3 aromatic rings. The predicted molar refractivity (Wildman–Crippen MR) is 91.1 cm³/mol. The monoisotopic (exact) mass is 360 g/mol. The highest BCUT2D eigenvalue weighted by atomic mass is 19.1. The highest BCUT2D eigenvalue weighted by Gasteiger charge is 2.17. The smallest absolute Gasteiger partial charge is 0.283 e. The molecule has 1 aliphatic rings. The van der Waals surface area contributed by atoms with Crippen molar-refractivity contribution < 1.29 is 8.78 Å². The first-order valence-corrected chi connectivity index (χ1v) is 8.62. The molecule has 1 saturated heterocycles. The zero-order valence-electron chi connectivity index (χ0n) is 14.1. The molecule has 4 rings (SSSR count). The minimum atomic E-state index is -0.798. The van der Waals surface area contributed by atoms with E-state index in [4.69, 9.17) is 0 Å². The zero-order chi connectivity index (χ0) is 18.1. The molecule has 2 aromatic heterocycles. The van der Waals surface area contributed by atoms with Gasteiger partial charge in [-0.05, 0) is 38.1 Å². The maximum atomic E-state index is 14.0. The van der Waals surface area contributed by atoms with Gasteiger partial charge in [-0.15, -0.1) is 5.10 Å². The minimum Gasteiger partial charge on any atom is -0.302 e. The molecule has 9 heteroatoms. The Morgan fingerprint density at radius 3 is 2.65 bits per heavy atom. The summed E-state index contributed by atoms with van der Waals surface area (Å²) < 4.78 is 29.7. The van der Waals surface area contributed by atoms with Crippen LogP contribution >= 0.6 is 0 Å². The van der Waals surface area contributed by atoms with Crippen molar-refractivity contribution in [3.63, 3.8) is 0 Å². The van der Waals surface area contributed by atoms with E-state index in [0.717, 1.165) is 36.4 Å². The second-order valence-electron chi connectivity index (χ2n) is 6.41. The number of fused-ring (bicyclic) bond motifs is 1. The van der Waals surface area contributed by atoms with E-state index >= 15 is 0 Å². The number of hydrogen-bond acceptors (Lipinski definition) is 5. The van der Waals surface area contributed by atoms with E-state index in [2.05, 4.69) is 20.2 Å². The fraction of sp³-hybridized carbons (Fsp3) is 0.412. The number of hydrogen-bond donors (Lipinski definition) is 0.